The number of hydrogen-bond acceptors (Lipinski definition) is 3. The number of hydrogen-bond donors (Lipinski definition) is 1. The molecule has 1 saturated heterocycles. The van der Waals surface area contributed by atoms with Crippen molar-refractivity contribution in [3.05, 3.63) is 35.4 Å². The Hall–Kier alpha value is -1.39. The second kappa shape index (κ2) is 6.37. The van der Waals surface area contributed by atoms with E-state index in [0.717, 1.165) is 13.1 Å². The van der Waals surface area contributed by atoms with E-state index in [1.807, 2.05) is 19.0 Å². The molecule has 2 rings (SSSR count). The topological polar surface area (TPSA) is 35.6 Å². The minimum atomic E-state index is 0.0173. The molecule has 4 nitrogen and oxygen atoms in total. The Bertz CT molecular complexity index is 453. The third-order valence-corrected chi connectivity index (χ3v) is 3.79. The van der Waals surface area contributed by atoms with Crippen molar-refractivity contribution < 1.29 is 4.79 Å². The average Bonchev–Trinajstić information content (AvgIpc) is 2.77. The predicted molar refractivity (Wildman–Crippen MR) is 81.5 cm³/mol. The van der Waals surface area contributed by atoms with Gasteiger partial charge in [0.25, 0.3) is 0 Å². The maximum absolute atomic E-state index is 12.0. The number of likely N-dealkylation sites (N-methyl/N-ethyl adjacent to an activating group) is 1. The fourth-order valence-electron chi connectivity index (χ4n) is 2.46. The van der Waals surface area contributed by atoms with Gasteiger partial charge in [0.15, 0.2) is 0 Å². The largest absolute Gasteiger partial charge is 0.321 e. The molecule has 1 N–H and O–H groups in total. The number of carbonyl (C=O) groups excluding carboxylic acids is 1. The van der Waals surface area contributed by atoms with Crippen LogP contribution in [0.15, 0.2) is 24.3 Å². The van der Waals surface area contributed by atoms with Gasteiger partial charge in [0, 0.05) is 13.1 Å². The highest BCUT2D eigenvalue weighted by Crippen LogP contribution is 2.24. The van der Waals surface area contributed by atoms with Crippen molar-refractivity contribution in [1.29, 1.82) is 0 Å². The number of amides is 1. The van der Waals surface area contributed by atoms with Crippen molar-refractivity contribution in [2.75, 3.05) is 33.7 Å². The van der Waals surface area contributed by atoms with Gasteiger partial charge < -0.3 is 9.80 Å². The fraction of sp³-hybridized carbons (Fsp3) is 0.562. The van der Waals surface area contributed by atoms with Gasteiger partial charge in [0.2, 0.25) is 5.91 Å². The van der Waals surface area contributed by atoms with E-state index in [1.165, 1.54) is 11.1 Å². The molecule has 1 unspecified atom stereocenters. The van der Waals surface area contributed by atoms with Crippen molar-refractivity contribution in [2.24, 2.45) is 0 Å². The molecule has 1 fully saturated rings. The highest BCUT2D eigenvalue weighted by Gasteiger charge is 2.31. The molecular weight excluding hydrogens is 250 g/mol. The van der Waals surface area contributed by atoms with Crippen LogP contribution in [-0.2, 0) is 4.79 Å². The second-order valence-corrected chi connectivity index (χ2v) is 6.00. The van der Waals surface area contributed by atoms with Crippen molar-refractivity contribution in [3.8, 4) is 0 Å². The zero-order valence-electron chi connectivity index (χ0n) is 12.9. The molecule has 0 radical (unpaired) electrons. The summed E-state index contributed by atoms with van der Waals surface area (Å²) in [6.45, 7) is 6.46. The molecular formula is C16H25N3O. The molecule has 1 amide bonds. The van der Waals surface area contributed by atoms with Crippen LogP contribution in [0.4, 0.5) is 0 Å². The normalized spacial score (nSPS) is 19.4. The summed E-state index contributed by atoms with van der Waals surface area (Å²) in [6.07, 6.45) is 0.0173. The molecule has 1 aromatic carbocycles. The lowest BCUT2D eigenvalue weighted by molar-refractivity contribution is -0.128. The summed E-state index contributed by atoms with van der Waals surface area (Å²) in [6, 6.07) is 8.59. The van der Waals surface area contributed by atoms with Crippen LogP contribution in [0, 0.1) is 0 Å². The SMILES string of the molecule is CC(C)c1ccc(C2NCC(=O)N2CCN(C)C)cc1. The second-order valence-electron chi connectivity index (χ2n) is 6.00. The lowest BCUT2D eigenvalue weighted by Crippen LogP contribution is -2.36. The molecule has 1 atom stereocenters. The fourth-order valence-corrected chi connectivity index (χ4v) is 2.46. The highest BCUT2D eigenvalue weighted by molar-refractivity contribution is 5.80. The molecule has 0 aliphatic carbocycles. The van der Waals surface area contributed by atoms with Gasteiger partial charge >= 0.3 is 0 Å². The lowest BCUT2D eigenvalue weighted by Gasteiger charge is -2.26. The zero-order valence-corrected chi connectivity index (χ0v) is 12.9. The van der Waals surface area contributed by atoms with Crippen molar-refractivity contribution in [1.82, 2.24) is 15.1 Å². The Morgan fingerprint density at radius 1 is 1.30 bits per heavy atom. The van der Waals surface area contributed by atoms with Crippen LogP contribution in [0.2, 0.25) is 0 Å². The Morgan fingerprint density at radius 2 is 1.95 bits per heavy atom. The van der Waals surface area contributed by atoms with Crippen LogP contribution < -0.4 is 5.32 Å². The Kier molecular flexibility index (Phi) is 4.78. The van der Waals surface area contributed by atoms with E-state index in [0.29, 0.717) is 12.5 Å². The lowest BCUT2D eigenvalue weighted by atomic mass is 10.0. The first-order valence-corrected chi connectivity index (χ1v) is 7.26. The standard InChI is InChI=1S/C16H25N3O/c1-12(2)13-5-7-14(8-6-13)16-17-11-15(20)19(16)10-9-18(3)4/h5-8,12,16-17H,9-11H2,1-4H3. The molecule has 1 aliphatic rings. The van der Waals surface area contributed by atoms with Crippen LogP contribution in [0.5, 0.6) is 0 Å². The van der Waals surface area contributed by atoms with E-state index in [9.17, 15) is 4.79 Å². The summed E-state index contributed by atoms with van der Waals surface area (Å²) < 4.78 is 0. The molecule has 4 heteroatoms. The van der Waals surface area contributed by atoms with Crippen LogP contribution >= 0.6 is 0 Å². The van der Waals surface area contributed by atoms with Crippen molar-refractivity contribution in [2.45, 2.75) is 25.9 Å². The van der Waals surface area contributed by atoms with Crippen molar-refractivity contribution in [3.63, 3.8) is 0 Å². The van der Waals surface area contributed by atoms with Crippen LogP contribution in [-0.4, -0.2) is 49.4 Å². The number of nitrogens with zero attached hydrogens (tertiary/aromatic N) is 2. The summed E-state index contributed by atoms with van der Waals surface area (Å²) in [5.74, 6) is 0.719. The first-order chi connectivity index (χ1) is 9.49. The molecule has 0 aromatic heterocycles. The molecule has 1 aliphatic heterocycles. The van der Waals surface area contributed by atoms with Gasteiger partial charge in [0.1, 0.15) is 6.17 Å². The maximum atomic E-state index is 12.0. The Labute approximate surface area is 121 Å². The Balaban J connectivity index is 2.11. The summed E-state index contributed by atoms with van der Waals surface area (Å²) in [5, 5.41) is 3.30. The zero-order chi connectivity index (χ0) is 14.7. The van der Waals surface area contributed by atoms with Gasteiger partial charge in [-0.25, -0.2) is 0 Å². The van der Waals surface area contributed by atoms with Crippen LogP contribution in [0.25, 0.3) is 0 Å². The van der Waals surface area contributed by atoms with Crippen molar-refractivity contribution >= 4 is 5.91 Å². The average molecular weight is 275 g/mol. The van der Waals surface area contributed by atoms with Gasteiger partial charge in [-0.15, -0.1) is 0 Å². The first kappa shape index (κ1) is 15.0. The number of nitrogens with one attached hydrogen (secondary N) is 1. The van der Waals surface area contributed by atoms with Crippen LogP contribution in [0.3, 0.4) is 0 Å². The van der Waals surface area contributed by atoms with Gasteiger partial charge in [-0.2, -0.15) is 0 Å². The summed E-state index contributed by atoms with van der Waals surface area (Å²) >= 11 is 0. The monoisotopic (exact) mass is 275 g/mol. The van der Waals surface area contributed by atoms with E-state index >= 15 is 0 Å². The van der Waals surface area contributed by atoms with E-state index in [2.05, 4.69) is 48.3 Å². The van der Waals surface area contributed by atoms with Gasteiger partial charge in [-0.1, -0.05) is 38.1 Å². The highest BCUT2D eigenvalue weighted by atomic mass is 16.2. The quantitative estimate of drug-likeness (QED) is 0.890. The first-order valence-electron chi connectivity index (χ1n) is 7.26. The Morgan fingerprint density at radius 3 is 2.50 bits per heavy atom. The van der Waals surface area contributed by atoms with Gasteiger partial charge in [-0.3, -0.25) is 10.1 Å². The van der Waals surface area contributed by atoms with E-state index in [1.54, 1.807) is 0 Å². The van der Waals surface area contributed by atoms with E-state index in [4.69, 9.17) is 0 Å². The minimum absolute atomic E-state index is 0.0173. The molecule has 0 spiro atoms. The van der Waals surface area contributed by atoms with Gasteiger partial charge in [-0.05, 0) is 31.1 Å². The van der Waals surface area contributed by atoms with Crippen LogP contribution in [0.1, 0.15) is 37.1 Å². The summed E-state index contributed by atoms with van der Waals surface area (Å²) in [5.41, 5.74) is 2.50. The maximum Gasteiger partial charge on any atom is 0.238 e. The predicted octanol–water partition coefficient (Wildman–Crippen LogP) is 1.80. The van der Waals surface area contributed by atoms with E-state index in [-0.39, 0.29) is 12.1 Å². The number of rotatable bonds is 5. The molecule has 1 heterocycles. The minimum Gasteiger partial charge on any atom is -0.321 e. The third kappa shape index (κ3) is 3.38. The number of benzene rings is 1. The third-order valence-electron chi connectivity index (χ3n) is 3.79. The molecule has 0 saturated carbocycles. The number of carbonyl (C=O) groups is 1. The van der Waals surface area contributed by atoms with E-state index < -0.39 is 0 Å². The molecule has 110 valence electrons. The van der Waals surface area contributed by atoms with Gasteiger partial charge in [0.05, 0.1) is 6.54 Å². The molecule has 1 aromatic rings. The summed E-state index contributed by atoms with van der Waals surface area (Å²) in [7, 11) is 4.06. The molecule has 0 bridgehead atoms. The summed E-state index contributed by atoms with van der Waals surface area (Å²) in [4.78, 5) is 16.0. The smallest absolute Gasteiger partial charge is 0.238 e. The molecule has 20 heavy (non-hydrogen) atoms.